The summed E-state index contributed by atoms with van der Waals surface area (Å²) < 4.78 is 18.0. The van der Waals surface area contributed by atoms with Crippen LogP contribution in [0.25, 0.3) is 4.85 Å². The Balaban J connectivity index is 2.77. The molecule has 1 rings (SSSR count). The number of amides is 1. The molecule has 1 N–H and O–H groups in total. The number of rotatable bonds is 1. The summed E-state index contributed by atoms with van der Waals surface area (Å²) in [5, 5.41) is 2.43. The van der Waals surface area contributed by atoms with Crippen LogP contribution < -0.4 is 5.32 Å². The number of carbonyl (C=O) groups excluding carboxylic acids is 1. The molecule has 0 unspecified atom stereocenters. The molecular formula is C12H13FN2O2. The van der Waals surface area contributed by atoms with Crippen LogP contribution >= 0.6 is 0 Å². The first-order valence-electron chi connectivity index (χ1n) is 4.99. The second kappa shape index (κ2) is 4.83. The van der Waals surface area contributed by atoms with E-state index in [0.717, 1.165) is 6.07 Å². The van der Waals surface area contributed by atoms with Crippen molar-refractivity contribution in [1.29, 1.82) is 0 Å². The van der Waals surface area contributed by atoms with Crippen molar-refractivity contribution in [3.8, 4) is 0 Å². The first kappa shape index (κ1) is 13.0. The van der Waals surface area contributed by atoms with Gasteiger partial charge in [-0.2, -0.15) is 0 Å². The molecule has 0 saturated heterocycles. The molecule has 0 aromatic heterocycles. The lowest BCUT2D eigenvalue weighted by Gasteiger charge is -2.19. The van der Waals surface area contributed by atoms with Gasteiger partial charge in [0.25, 0.3) is 0 Å². The fraction of sp³-hybridized carbons (Fsp3) is 0.333. The zero-order chi connectivity index (χ0) is 13.1. The number of hydrogen-bond donors (Lipinski definition) is 1. The third kappa shape index (κ3) is 4.11. The molecule has 0 heterocycles. The Hall–Kier alpha value is -2.09. The summed E-state index contributed by atoms with van der Waals surface area (Å²) in [5.74, 6) is -0.616. The molecule has 0 radical (unpaired) electrons. The Morgan fingerprint density at radius 1 is 1.47 bits per heavy atom. The summed E-state index contributed by atoms with van der Waals surface area (Å²) in [7, 11) is 0. The quantitative estimate of drug-likeness (QED) is 0.755. The highest BCUT2D eigenvalue weighted by Crippen LogP contribution is 2.22. The van der Waals surface area contributed by atoms with E-state index in [1.54, 1.807) is 20.8 Å². The number of benzene rings is 1. The molecule has 1 amide bonds. The van der Waals surface area contributed by atoms with E-state index in [1.165, 1.54) is 12.1 Å². The van der Waals surface area contributed by atoms with Gasteiger partial charge < -0.3 is 4.74 Å². The van der Waals surface area contributed by atoms with Gasteiger partial charge in [0.05, 0.1) is 6.57 Å². The van der Waals surface area contributed by atoms with Crippen molar-refractivity contribution >= 4 is 17.5 Å². The van der Waals surface area contributed by atoms with Crippen molar-refractivity contribution < 1.29 is 13.9 Å². The topological polar surface area (TPSA) is 42.7 Å². The lowest BCUT2D eigenvalue weighted by Crippen LogP contribution is -2.27. The normalized spacial score (nSPS) is 10.5. The van der Waals surface area contributed by atoms with E-state index in [9.17, 15) is 9.18 Å². The largest absolute Gasteiger partial charge is 0.444 e. The zero-order valence-electron chi connectivity index (χ0n) is 9.87. The van der Waals surface area contributed by atoms with E-state index >= 15 is 0 Å². The predicted molar refractivity (Wildman–Crippen MR) is 62.5 cm³/mol. The minimum Gasteiger partial charge on any atom is -0.444 e. The lowest BCUT2D eigenvalue weighted by atomic mass is 10.2. The van der Waals surface area contributed by atoms with Crippen LogP contribution in [0.2, 0.25) is 0 Å². The third-order valence-corrected chi connectivity index (χ3v) is 1.71. The third-order valence-electron chi connectivity index (χ3n) is 1.71. The van der Waals surface area contributed by atoms with Crippen molar-refractivity contribution in [2.45, 2.75) is 26.4 Å². The Morgan fingerprint density at radius 3 is 2.65 bits per heavy atom. The van der Waals surface area contributed by atoms with Gasteiger partial charge in [0.15, 0.2) is 0 Å². The van der Waals surface area contributed by atoms with E-state index in [1.807, 2.05) is 0 Å². The molecule has 0 fully saturated rings. The van der Waals surface area contributed by atoms with Crippen LogP contribution in [0.15, 0.2) is 18.2 Å². The first-order valence-corrected chi connectivity index (χ1v) is 4.99. The van der Waals surface area contributed by atoms with Crippen molar-refractivity contribution in [3.63, 3.8) is 0 Å². The van der Waals surface area contributed by atoms with Gasteiger partial charge in [-0.05, 0) is 39.0 Å². The van der Waals surface area contributed by atoms with Crippen molar-refractivity contribution in [1.82, 2.24) is 0 Å². The summed E-state index contributed by atoms with van der Waals surface area (Å²) in [6.45, 7) is 12.0. The fourth-order valence-electron chi connectivity index (χ4n) is 1.10. The summed E-state index contributed by atoms with van der Waals surface area (Å²) in [6.07, 6.45) is -0.639. The number of nitrogens with one attached hydrogen (secondary N) is 1. The number of nitrogens with zero attached hydrogens (tertiary/aromatic N) is 1. The highest BCUT2D eigenvalue weighted by atomic mass is 19.1. The van der Waals surface area contributed by atoms with Crippen LogP contribution in [0.4, 0.5) is 20.6 Å². The zero-order valence-corrected chi connectivity index (χ0v) is 9.87. The summed E-state index contributed by atoms with van der Waals surface area (Å²) in [6, 6.07) is 3.75. The van der Waals surface area contributed by atoms with Crippen LogP contribution in [-0.4, -0.2) is 11.7 Å². The fourth-order valence-corrected chi connectivity index (χ4v) is 1.10. The van der Waals surface area contributed by atoms with Gasteiger partial charge in [-0.1, -0.05) is 0 Å². The second-order valence-electron chi connectivity index (χ2n) is 4.40. The number of hydrogen-bond acceptors (Lipinski definition) is 2. The average Bonchev–Trinajstić information content (AvgIpc) is 2.18. The average molecular weight is 236 g/mol. The maximum absolute atomic E-state index is 13.0. The van der Waals surface area contributed by atoms with Gasteiger partial charge in [0.1, 0.15) is 11.4 Å². The number of anilines is 1. The first-order chi connectivity index (χ1) is 7.81. The SMILES string of the molecule is [C-]#[N+]c1cc(NC(=O)OC(C)(C)C)ccc1F. The molecule has 0 bridgehead atoms. The van der Waals surface area contributed by atoms with Gasteiger partial charge in [-0.25, -0.2) is 14.0 Å². The molecule has 4 nitrogen and oxygen atoms in total. The second-order valence-corrected chi connectivity index (χ2v) is 4.40. The molecule has 90 valence electrons. The molecular weight excluding hydrogens is 223 g/mol. The number of ether oxygens (including phenoxy) is 1. The molecule has 0 aliphatic heterocycles. The Bertz CT molecular complexity index is 472. The van der Waals surface area contributed by atoms with Gasteiger partial charge in [-0.15, -0.1) is 0 Å². The molecule has 0 atom stereocenters. The van der Waals surface area contributed by atoms with Crippen LogP contribution in [0.5, 0.6) is 0 Å². The van der Waals surface area contributed by atoms with Gasteiger partial charge >= 0.3 is 6.09 Å². The minimum absolute atomic E-state index is 0.140. The minimum atomic E-state index is -0.639. The number of halogens is 1. The van der Waals surface area contributed by atoms with Gasteiger partial charge in [0.2, 0.25) is 5.69 Å². The maximum Gasteiger partial charge on any atom is 0.412 e. The van der Waals surface area contributed by atoms with E-state index in [2.05, 4.69) is 10.2 Å². The lowest BCUT2D eigenvalue weighted by molar-refractivity contribution is 0.0636. The molecule has 1 aromatic rings. The van der Waals surface area contributed by atoms with E-state index in [0.29, 0.717) is 5.69 Å². The monoisotopic (exact) mass is 236 g/mol. The van der Waals surface area contributed by atoms with Crippen molar-refractivity contribution in [3.05, 3.63) is 35.4 Å². The van der Waals surface area contributed by atoms with Crippen LogP contribution in [-0.2, 0) is 4.74 Å². The molecule has 0 aliphatic rings. The molecule has 0 aliphatic carbocycles. The summed E-state index contributed by atoms with van der Waals surface area (Å²) in [4.78, 5) is 14.4. The summed E-state index contributed by atoms with van der Waals surface area (Å²) in [5.41, 5.74) is -0.419. The standard InChI is InChI=1S/C12H13FN2O2/c1-12(2,3)17-11(16)15-8-5-6-9(13)10(7-8)14-4/h5-7H,1-3H3,(H,15,16). The van der Waals surface area contributed by atoms with Crippen molar-refractivity contribution in [2.75, 3.05) is 5.32 Å². The van der Waals surface area contributed by atoms with Crippen LogP contribution in [0, 0.1) is 12.4 Å². The maximum atomic E-state index is 13.0. The van der Waals surface area contributed by atoms with Crippen LogP contribution in [0.1, 0.15) is 20.8 Å². The van der Waals surface area contributed by atoms with Crippen LogP contribution in [0.3, 0.4) is 0 Å². The molecule has 17 heavy (non-hydrogen) atoms. The van der Waals surface area contributed by atoms with E-state index in [4.69, 9.17) is 11.3 Å². The van der Waals surface area contributed by atoms with Crippen molar-refractivity contribution in [2.24, 2.45) is 0 Å². The summed E-state index contributed by atoms with van der Waals surface area (Å²) >= 11 is 0. The molecule has 0 saturated carbocycles. The highest BCUT2D eigenvalue weighted by molar-refractivity contribution is 5.85. The Kier molecular flexibility index (Phi) is 3.69. The smallest absolute Gasteiger partial charge is 0.412 e. The number of carbonyl (C=O) groups is 1. The van der Waals surface area contributed by atoms with E-state index < -0.39 is 17.5 Å². The predicted octanol–water partition coefficient (Wildman–Crippen LogP) is 3.72. The van der Waals surface area contributed by atoms with E-state index in [-0.39, 0.29) is 5.69 Å². The molecule has 5 heteroatoms. The Morgan fingerprint density at radius 2 is 2.12 bits per heavy atom. The van der Waals surface area contributed by atoms with Gasteiger partial charge in [-0.3, -0.25) is 5.32 Å². The highest BCUT2D eigenvalue weighted by Gasteiger charge is 2.16. The molecule has 0 spiro atoms. The Labute approximate surface area is 99.2 Å². The van der Waals surface area contributed by atoms with Gasteiger partial charge in [0, 0.05) is 5.69 Å². The molecule has 1 aromatic carbocycles.